The van der Waals surface area contributed by atoms with Gasteiger partial charge in [-0.3, -0.25) is 0 Å². The molecule has 7 heteroatoms. The molecule has 0 amide bonds. The Labute approximate surface area is 115 Å². The summed E-state index contributed by atoms with van der Waals surface area (Å²) >= 11 is 7.64. The molecule has 0 saturated carbocycles. The van der Waals surface area contributed by atoms with E-state index in [0.29, 0.717) is 5.15 Å². The van der Waals surface area contributed by atoms with Crippen molar-refractivity contribution in [2.24, 2.45) is 0 Å². The number of sulfone groups is 1. The van der Waals surface area contributed by atoms with Gasteiger partial charge in [-0.15, -0.1) is 11.3 Å². The second-order valence-corrected chi connectivity index (χ2v) is 8.24. The second kappa shape index (κ2) is 4.43. The fourth-order valence-electron chi connectivity index (χ4n) is 1.59. The molecule has 0 aliphatic carbocycles. The van der Waals surface area contributed by atoms with E-state index in [4.69, 9.17) is 11.6 Å². The van der Waals surface area contributed by atoms with Gasteiger partial charge in [0.05, 0.1) is 5.39 Å². The van der Waals surface area contributed by atoms with Crippen molar-refractivity contribution in [3.63, 3.8) is 0 Å². The van der Waals surface area contributed by atoms with Crippen LogP contribution < -0.4 is 0 Å². The summed E-state index contributed by atoms with van der Waals surface area (Å²) in [5.74, 6) is 0.260. The van der Waals surface area contributed by atoms with Crippen LogP contribution in [0.3, 0.4) is 0 Å². The van der Waals surface area contributed by atoms with Crippen molar-refractivity contribution in [3.8, 4) is 0 Å². The van der Waals surface area contributed by atoms with Crippen LogP contribution >= 0.6 is 22.9 Å². The first-order valence-corrected chi connectivity index (χ1v) is 8.48. The molecule has 2 rings (SSSR count). The Kier molecular flexibility index (Phi) is 3.38. The quantitative estimate of drug-likeness (QED) is 0.800. The van der Waals surface area contributed by atoms with Crippen molar-refractivity contribution >= 4 is 43.0 Å². The van der Waals surface area contributed by atoms with Gasteiger partial charge >= 0.3 is 0 Å². The van der Waals surface area contributed by atoms with E-state index in [-0.39, 0.29) is 5.82 Å². The van der Waals surface area contributed by atoms with Crippen molar-refractivity contribution in [1.82, 2.24) is 9.97 Å². The molecule has 2 aromatic rings. The van der Waals surface area contributed by atoms with Crippen molar-refractivity contribution in [2.75, 3.05) is 6.26 Å². The molecule has 0 fully saturated rings. The highest BCUT2D eigenvalue weighted by molar-refractivity contribution is 7.90. The number of hydrogen-bond donors (Lipinski definition) is 0. The highest BCUT2D eigenvalue weighted by Gasteiger charge is 2.23. The number of rotatable bonds is 2. The molecule has 0 saturated heterocycles. The Morgan fingerprint density at radius 2 is 1.89 bits per heavy atom. The lowest BCUT2D eigenvalue weighted by Crippen LogP contribution is -2.11. The molecule has 0 aliphatic rings. The maximum absolute atomic E-state index is 11.5. The zero-order valence-corrected chi connectivity index (χ0v) is 12.9. The van der Waals surface area contributed by atoms with Gasteiger partial charge in [0, 0.05) is 11.1 Å². The van der Waals surface area contributed by atoms with Crippen LogP contribution in [-0.2, 0) is 9.84 Å². The first kappa shape index (κ1) is 13.7. The normalized spacial score (nSPS) is 14.1. The molecule has 0 radical (unpaired) electrons. The standard InChI is InChI=1S/C11H13ClN2O2S2/c1-5-6(2)17-11-8(5)9(12)13-10(14-11)7(3)18(4,15)16/h7H,1-4H3. The Morgan fingerprint density at radius 1 is 1.28 bits per heavy atom. The lowest BCUT2D eigenvalue weighted by molar-refractivity contribution is 0.589. The molecule has 1 unspecified atom stereocenters. The van der Waals surface area contributed by atoms with E-state index >= 15 is 0 Å². The Balaban J connectivity index is 2.71. The van der Waals surface area contributed by atoms with Crippen molar-refractivity contribution in [3.05, 3.63) is 21.4 Å². The zero-order chi connectivity index (χ0) is 13.7. The summed E-state index contributed by atoms with van der Waals surface area (Å²) in [6.45, 7) is 5.51. The summed E-state index contributed by atoms with van der Waals surface area (Å²) in [5.41, 5.74) is 1.05. The fourth-order valence-corrected chi connectivity index (χ4v) is 3.49. The minimum absolute atomic E-state index is 0.260. The molecular formula is C11H13ClN2O2S2. The van der Waals surface area contributed by atoms with Crippen molar-refractivity contribution in [1.29, 1.82) is 0 Å². The smallest absolute Gasteiger partial charge is 0.157 e. The molecule has 0 aromatic carbocycles. The largest absolute Gasteiger partial charge is 0.228 e. The average Bonchev–Trinajstić information content (AvgIpc) is 2.52. The molecule has 0 bridgehead atoms. The monoisotopic (exact) mass is 304 g/mol. The maximum atomic E-state index is 11.5. The van der Waals surface area contributed by atoms with Gasteiger partial charge in [0.15, 0.2) is 9.84 Å². The summed E-state index contributed by atoms with van der Waals surface area (Å²) in [5, 5.41) is 0.401. The number of aryl methyl sites for hydroxylation is 2. The molecule has 2 aromatic heterocycles. The fraction of sp³-hybridized carbons (Fsp3) is 0.455. The first-order valence-electron chi connectivity index (χ1n) is 5.33. The topological polar surface area (TPSA) is 59.9 Å². The van der Waals surface area contributed by atoms with Crippen LogP contribution in [0, 0.1) is 13.8 Å². The summed E-state index contributed by atoms with van der Waals surface area (Å²) in [4.78, 5) is 10.3. The lowest BCUT2D eigenvalue weighted by atomic mass is 10.2. The summed E-state index contributed by atoms with van der Waals surface area (Å²) < 4.78 is 23.1. The molecule has 98 valence electrons. The third kappa shape index (κ3) is 2.24. The van der Waals surface area contributed by atoms with Crippen LogP contribution in [0.2, 0.25) is 5.15 Å². The average molecular weight is 305 g/mol. The van der Waals surface area contributed by atoms with Gasteiger partial charge in [0.2, 0.25) is 0 Å². The van der Waals surface area contributed by atoms with Gasteiger partial charge in [0.25, 0.3) is 0 Å². The van der Waals surface area contributed by atoms with Gasteiger partial charge in [-0.05, 0) is 26.3 Å². The summed E-state index contributed by atoms with van der Waals surface area (Å²) in [6, 6.07) is 0. The minimum Gasteiger partial charge on any atom is -0.228 e. The van der Waals surface area contributed by atoms with Crippen LogP contribution in [-0.4, -0.2) is 24.6 Å². The van der Waals surface area contributed by atoms with E-state index in [1.807, 2.05) is 13.8 Å². The highest BCUT2D eigenvalue weighted by Crippen LogP contribution is 2.34. The van der Waals surface area contributed by atoms with E-state index in [0.717, 1.165) is 20.7 Å². The minimum atomic E-state index is -3.22. The number of aromatic nitrogens is 2. The molecule has 0 aliphatic heterocycles. The number of thiophene rings is 1. The van der Waals surface area contributed by atoms with E-state index in [2.05, 4.69) is 9.97 Å². The number of hydrogen-bond acceptors (Lipinski definition) is 5. The Bertz CT molecular complexity index is 722. The highest BCUT2D eigenvalue weighted by atomic mass is 35.5. The van der Waals surface area contributed by atoms with Crippen molar-refractivity contribution in [2.45, 2.75) is 26.0 Å². The third-order valence-corrected chi connectivity index (χ3v) is 5.88. The molecule has 2 heterocycles. The van der Waals surface area contributed by atoms with Crippen LogP contribution in [0.5, 0.6) is 0 Å². The van der Waals surface area contributed by atoms with Crippen LogP contribution in [0.4, 0.5) is 0 Å². The van der Waals surface area contributed by atoms with Crippen LogP contribution in [0.1, 0.15) is 28.4 Å². The molecule has 0 N–H and O–H groups in total. The Morgan fingerprint density at radius 3 is 2.44 bits per heavy atom. The summed E-state index contributed by atoms with van der Waals surface area (Å²) in [7, 11) is -3.22. The van der Waals surface area contributed by atoms with Gasteiger partial charge in [-0.1, -0.05) is 11.6 Å². The first-order chi connectivity index (χ1) is 8.21. The van der Waals surface area contributed by atoms with Gasteiger partial charge in [-0.2, -0.15) is 0 Å². The van der Waals surface area contributed by atoms with Gasteiger partial charge in [0.1, 0.15) is 21.1 Å². The zero-order valence-electron chi connectivity index (χ0n) is 10.5. The van der Waals surface area contributed by atoms with E-state index < -0.39 is 15.1 Å². The molecule has 4 nitrogen and oxygen atoms in total. The molecule has 18 heavy (non-hydrogen) atoms. The van der Waals surface area contributed by atoms with Crippen LogP contribution in [0.25, 0.3) is 10.2 Å². The van der Waals surface area contributed by atoms with E-state index in [9.17, 15) is 8.42 Å². The number of halogens is 1. The second-order valence-electron chi connectivity index (χ2n) is 4.31. The predicted octanol–water partition coefficient (Wildman–Crippen LogP) is 3.07. The maximum Gasteiger partial charge on any atom is 0.157 e. The number of fused-ring (bicyclic) bond motifs is 1. The molecule has 0 spiro atoms. The van der Waals surface area contributed by atoms with E-state index in [1.165, 1.54) is 17.6 Å². The van der Waals surface area contributed by atoms with Crippen molar-refractivity contribution < 1.29 is 8.42 Å². The number of nitrogens with zero attached hydrogens (tertiary/aromatic N) is 2. The molecule has 1 atom stereocenters. The van der Waals surface area contributed by atoms with Gasteiger partial charge < -0.3 is 0 Å². The lowest BCUT2D eigenvalue weighted by Gasteiger charge is -2.08. The van der Waals surface area contributed by atoms with Crippen LogP contribution in [0.15, 0.2) is 0 Å². The SMILES string of the molecule is Cc1sc2nc(C(C)S(C)(=O)=O)nc(Cl)c2c1C. The predicted molar refractivity (Wildman–Crippen MR) is 75.2 cm³/mol. The van der Waals surface area contributed by atoms with Gasteiger partial charge in [-0.25, -0.2) is 18.4 Å². The summed E-state index contributed by atoms with van der Waals surface area (Å²) in [6.07, 6.45) is 1.17. The third-order valence-electron chi connectivity index (χ3n) is 3.01. The molecular weight excluding hydrogens is 292 g/mol. The van der Waals surface area contributed by atoms with E-state index in [1.54, 1.807) is 6.92 Å². The Hall–Kier alpha value is -0.720.